The third-order valence-electron chi connectivity index (χ3n) is 3.27. The van der Waals surface area contributed by atoms with Gasteiger partial charge in [0.15, 0.2) is 0 Å². The predicted octanol–water partition coefficient (Wildman–Crippen LogP) is 2.16. The summed E-state index contributed by atoms with van der Waals surface area (Å²) in [5, 5.41) is 2.93. The largest absolute Gasteiger partial charge is 0.469 e. The second kappa shape index (κ2) is 8.77. The fraction of sp³-hybridized carbons (Fsp3) is 0.857. The molecule has 1 aliphatic rings. The van der Waals surface area contributed by atoms with Crippen molar-refractivity contribution >= 4 is 12.0 Å². The van der Waals surface area contributed by atoms with Gasteiger partial charge < -0.3 is 15.0 Å². The van der Waals surface area contributed by atoms with Crippen LogP contribution < -0.4 is 5.32 Å². The van der Waals surface area contributed by atoms with E-state index in [0.29, 0.717) is 13.0 Å². The molecular weight excluding hydrogens is 244 g/mol. The maximum atomic E-state index is 12.0. The van der Waals surface area contributed by atoms with Crippen LogP contribution in [0, 0.1) is 5.92 Å². The molecule has 110 valence electrons. The van der Waals surface area contributed by atoms with E-state index in [9.17, 15) is 9.59 Å². The molecule has 0 unspecified atom stereocenters. The first kappa shape index (κ1) is 15.8. The number of methoxy groups -OCH3 is 1. The summed E-state index contributed by atoms with van der Waals surface area (Å²) in [6.45, 7) is 4.43. The normalized spacial score (nSPS) is 14.0. The number of hydrogen-bond donors (Lipinski definition) is 1. The van der Waals surface area contributed by atoms with Crippen molar-refractivity contribution in [2.75, 3.05) is 26.7 Å². The molecule has 0 spiro atoms. The van der Waals surface area contributed by atoms with E-state index in [1.807, 2.05) is 4.90 Å². The molecule has 0 aromatic heterocycles. The third kappa shape index (κ3) is 7.03. The van der Waals surface area contributed by atoms with Crippen LogP contribution in [0.1, 0.15) is 45.4 Å². The van der Waals surface area contributed by atoms with Crippen LogP contribution in [-0.4, -0.2) is 43.6 Å². The first-order chi connectivity index (χ1) is 9.17. The van der Waals surface area contributed by atoms with Crippen molar-refractivity contribution in [2.45, 2.75) is 45.4 Å². The molecule has 0 radical (unpaired) electrons. The summed E-state index contributed by atoms with van der Waals surface area (Å²) in [5.41, 5.74) is 0. The van der Waals surface area contributed by atoms with Crippen LogP contribution >= 0.6 is 0 Å². The maximum Gasteiger partial charge on any atom is 0.317 e. The van der Waals surface area contributed by atoms with E-state index in [2.05, 4.69) is 17.0 Å². The fourth-order valence-corrected chi connectivity index (χ4v) is 1.96. The summed E-state index contributed by atoms with van der Waals surface area (Å²) in [6.07, 6.45) is 5.49. The molecular formula is C14H26N2O3. The number of ether oxygens (including phenoxy) is 1. The van der Waals surface area contributed by atoms with Gasteiger partial charge in [-0.1, -0.05) is 6.92 Å². The van der Waals surface area contributed by atoms with Crippen molar-refractivity contribution in [3.63, 3.8) is 0 Å². The summed E-state index contributed by atoms with van der Waals surface area (Å²) in [4.78, 5) is 24.8. The summed E-state index contributed by atoms with van der Waals surface area (Å²) in [5.74, 6) is 0.532. The Kier molecular flexibility index (Phi) is 7.30. The first-order valence-corrected chi connectivity index (χ1v) is 7.27. The van der Waals surface area contributed by atoms with Crippen molar-refractivity contribution < 1.29 is 14.3 Å². The molecule has 5 nitrogen and oxygen atoms in total. The van der Waals surface area contributed by atoms with E-state index in [0.717, 1.165) is 38.3 Å². The second-order valence-corrected chi connectivity index (χ2v) is 5.15. The summed E-state index contributed by atoms with van der Waals surface area (Å²) in [6, 6.07) is 0.0341. The lowest BCUT2D eigenvalue weighted by molar-refractivity contribution is -0.140. The minimum Gasteiger partial charge on any atom is -0.469 e. The van der Waals surface area contributed by atoms with E-state index in [4.69, 9.17) is 0 Å². The minimum atomic E-state index is -0.187. The molecule has 1 saturated carbocycles. The van der Waals surface area contributed by atoms with Gasteiger partial charge in [-0.3, -0.25) is 4.79 Å². The van der Waals surface area contributed by atoms with Crippen molar-refractivity contribution in [2.24, 2.45) is 5.92 Å². The van der Waals surface area contributed by atoms with E-state index in [1.165, 1.54) is 20.0 Å². The Balaban J connectivity index is 2.11. The van der Waals surface area contributed by atoms with Crippen molar-refractivity contribution in [1.82, 2.24) is 10.2 Å². The minimum absolute atomic E-state index is 0.0341. The van der Waals surface area contributed by atoms with Crippen LogP contribution in [0.3, 0.4) is 0 Å². The lowest BCUT2D eigenvalue weighted by Crippen LogP contribution is -2.41. The van der Waals surface area contributed by atoms with Crippen LogP contribution in [-0.2, 0) is 9.53 Å². The van der Waals surface area contributed by atoms with Gasteiger partial charge in [-0.05, 0) is 38.0 Å². The number of unbranched alkanes of at least 4 members (excludes halogenated alkanes) is 1. The van der Waals surface area contributed by atoms with Crippen molar-refractivity contribution in [3.8, 4) is 0 Å². The zero-order valence-corrected chi connectivity index (χ0v) is 12.1. The molecule has 0 aliphatic heterocycles. The van der Waals surface area contributed by atoms with Crippen LogP contribution in [0.25, 0.3) is 0 Å². The van der Waals surface area contributed by atoms with Gasteiger partial charge in [-0.15, -0.1) is 0 Å². The van der Waals surface area contributed by atoms with Gasteiger partial charge in [0.05, 0.1) is 7.11 Å². The average Bonchev–Trinajstić information content (AvgIpc) is 3.21. The molecule has 1 aliphatic carbocycles. The van der Waals surface area contributed by atoms with E-state index >= 15 is 0 Å². The topological polar surface area (TPSA) is 58.6 Å². The lowest BCUT2D eigenvalue weighted by atomic mass is 10.2. The highest BCUT2D eigenvalue weighted by Gasteiger charge is 2.26. The van der Waals surface area contributed by atoms with Crippen LogP contribution in [0.4, 0.5) is 4.79 Å². The fourth-order valence-electron chi connectivity index (χ4n) is 1.96. The van der Waals surface area contributed by atoms with Gasteiger partial charge in [-0.2, -0.15) is 0 Å². The van der Waals surface area contributed by atoms with Crippen LogP contribution in [0.15, 0.2) is 0 Å². The number of carbonyl (C=O) groups excluding carboxylic acids is 2. The molecule has 0 bridgehead atoms. The van der Waals surface area contributed by atoms with Gasteiger partial charge in [0.1, 0.15) is 0 Å². The molecule has 1 fully saturated rings. The molecule has 0 aromatic rings. The number of hydrogen-bond acceptors (Lipinski definition) is 3. The Morgan fingerprint density at radius 3 is 2.63 bits per heavy atom. The summed E-state index contributed by atoms with van der Waals surface area (Å²) >= 11 is 0. The SMILES string of the molecule is CCCN(CC1CC1)C(=O)NCCCCC(=O)OC. The molecule has 19 heavy (non-hydrogen) atoms. The second-order valence-electron chi connectivity index (χ2n) is 5.15. The van der Waals surface area contributed by atoms with Crippen LogP contribution in [0.5, 0.6) is 0 Å². The number of esters is 1. The predicted molar refractivity (Wildman–Crippen MR) is 73.9 cm³/mol. The number of urea groups is 1. The van der Waals surface area contributed by atoms with Gasteiger partial charge in [0.2, 0.25) is 0 Å². The quantitative estimate of drug-likeness (QED) is 0.516. The molecule has 0 atom stereocenters. The Labute approximate surface area is 115 Å². The first-order valence-electron chi connectivity index (χ1n) is 7.27. The maximum absolute atomic E-state index is 12.0. The van der Waals surface area contributed by atoms with Crippen LogP contribution in [0.2, 0.25) is 0 Å². The zero-order chi connectivity index (χ0) is 14.1. The Bertz CT molecular complexity index is 290. The van der Waals surface area contributed by atoms with E-state index in [1.54, 1.807) is 0 Å². The smallest absolute Gasteiger partial charge is 0.317 e. The molecule has 0 aromatic carbocycles. The van der Waals surface area contributed by atoms with E-state index in [-0.39, 0.29) is 12.0 Å². The number of nitrogens with zero attached hydrogens (tertiary/aromatic N) is 1. The number of amides is 2. The number of carbonyl (C=O) groups is 2. The molecule has 0 saturated heterocycles. The lowest BCUT2D eigenvalue weighted by Gasteiger charge is -2.22. The van der Waals surface area contributed by atoms with E-state index < -0.39 is 0 Å². The van der Waals surface area contributed by atoms with Gasteiger partial charge >= 0.3 is 12.0 Å². The Morgan fingerprint density at radius 2 is 2.05 bits per heavy atom. The number of nitrogens with one attached hydrogen (secondary N) is 1. The average molecular weight is 270 g/mol. The Hall–Kier alpha value is -1.26. The highest BCUT2D eigenvalue weighted by atomic mass is 16.5. The molecule has 1 N–H and O–H groups in total. The molecule has 2 amide bonds. The summed E-state index contributed by atoms with van der Waals surface area (Å²) < 4.78 is 4.56. The van der Waals surface area contributed by atoms with Crippen molar-refractivity contribution in [3.05, 3.63) is 0 Å². The van der Waals surface area contributed by atoms with Crippen molar-refractivity contribution in [1.29, 1.82) is 0 Å². The molecule has 0 heterocycles. The molecule has 1 rings (SSSR count). The highest BCUT2D eigenvalue weighted by Crippen LogP contribution is 2.29. The number of rotatable bonds is 9. The summed E-state index contributed by atoms with van der Waals surface area (Å²) in [7, 11) is 1.39. The standard InChI is InChI=1S/C14H26N2O3/c1-3-10-16(11-12-7-8-12)14(18)15-9-5-4-6-13(17)19-2/h12H,3-11H2,1-2H3,(H,15,18). The third-order valence-corrected chi connectivity index (χ3v) is 3.27. The Morgan fingerprint density at radius 1 is 1.32 bits per heavy atom. The van der Waals surface area contributed by atoms with Gasteiger partial charge in [-0.25, -0.2) is 4.79 Å². The molecule has 5 heteroatoms. The highest BCUT2D eigenvalue weighted by molar-refractivity contribution is 5.74. The monoisotopic (exact) mass is 270 g/mol. The van der Waals surface area contributed by atoms with Gasteiger partial charge in [0.25, 0.3) is 0 Å². The van der Waals surface area contributed by atoms with Gasteiger partial charge in [0, 0.05) is 26.1 Å². The zero-order valence-electron chi connectivity index (χ0n) is 12.1.